The van der Waals surface area contributed by atoms with Gasteiger partial charge in [-0.25, -0.2) is 0 Å². The number of rotatable bonds is 4. The van der Waals surface area contributed by atoms with E-state index in [1.54, 1.807) is 13.8 Å². The molecule has 118 valence electrons. The average molecular weight is 310 g/mol. The number of halogens is 5. The maximum atomic E-state index is 13.1. The molecule has 0 radical (unpaired) electrons. The summed E-state index contributed by atoms with van der Waals surface area (Å²) in [4.78, 5) is 11.4. The highest BCUT2D eigenvalue weighted by Crippen LogP contribution is 2.39. The van der Waals surface area contributed by atoms with E-state index < -0.39 is 23.4 Å². The summed E-state index contributed by atoms with van der Waals surface area (Å²) in [6, 6.07) is 1.96. The maximum Gasteiger partial charge on any atom is 0.461 e. The lowest BCUT2D eigenvalue weighted by atomic mass is 9.99. The van der Waals surface area contributed by atoms with Gasteiger partial charge in [-0.3, -0.25) is 4.79 Å². The molecule has 2 nitrogen and oxygen atoms in total. The van der Waals surface area contributed by atoms with Gasteiger partial charge in [-0.05, 0) is 51.0 Å². The minimum absolute atomic E-state index is 0.194. The number of carbonyl (C=O) groups excluding carboxylic acids is 1. The summed E-state index contributed by atoms with van der Waals surface area (Å²) in [6.45, 7) is 6.45. The van der Waals surface area contributed by atoms with Crippen molar-refractivity contribution in [2.75, 3.05) is 0 Å². The van der Waals surface area contributed by atoms with Gasteiger partial charge >= 0.3 is 12.1 Å². The third-order valence-corrected chi connectivity index (χ3v) is 2.72. The highest BCUT2D eigenvalue weighted by molar-refractivity contribution is 6.02. The number of aryl methyl sites for hydroxylation is 2. The number of alkyl halides is 5. The van der Waals surface area contributed by atoms with Gasteiger partial charge in [0.05, 0.1) is 6.10 Å². The molecule has 0 N–H and O–H groups in total. The van der Waals surface area contributed by atoms with Gasteiger partial charge in [0, 0.05) is 5.56 Å². The summed E-state index contributed by atoms with van der Waals surface area (Å²) in [6.07, 6.45) is -6.11. The fraction of sp³-hybridized carbons (Fsp3) is 0.500. The number of Topliss-reactive ketones (excluding diaryl/α,β-unsaturated/α-hetero) is 1. The number of benzene rings is 1. The highest BCUT2D eigenvalue weighted by atomic mass is 19.4. The van der Waals surface area contributed by atoms with Crippen molar-refractivity contribution in [2.24, 2.45) is 0 Å². The van der Waals surface area contributed by atoms with Crippen molar-refractivity contribution >= 4 is 5.78 Å². The van der Waals surface area contributed by atoms with Crippen molar-refractivity contribution in [1.82, 2.24) is 0 Å². The third-order valence-electron chi connectivity index (χ3n) is 2.72. The van der Waals surface area contributed by atoms with Crippen LogP contribution in [0.15, 0.2) is 12.1 Å². The maximum absolute atomic E-state index is 13.1. The number of hydrogen-bond acceptors (Lipinski definition) is 2. The van der Waals surface area contributed by atoms with Gasteiger partial charge in [-0.1, -0.05) is 0 Å². The number of ether oxygens (including phenoxy) is 1. The lowest BCUT2D eigenvalue weighted by Crippen LogP contribution is -2.44. The second-order valence-electron chi connectivity index (χ2n) is 5.01. The summed E-state index contributed by atoms with van der Waals surface area (Å²) in [5, 5.41) is 0. The Hall–Kier alpha value is -1.66. The first-order valence-corrected chi connectivity index (χ1v) is 6.15. The Morgan fingerprint density at radius 2 is 1.48 bits per heavy atom. The zero-order valence-electron chi connectivity index (χ0n) is 11.9. The van der Waals surface area contributed by atoms with E-state index in [4.69, 9.17) is 4.74 Å². The van der Waals surface area contributed by atoms with Crippen LogP contribution >= 0.6 is 0 Å². The van der Waals surface area contributed by atoms with Crippen LogP contribution in [-0.2, 0) is 0 Å². The van der Waals surface area contributed by atoms with E-state index in [9.17, 15) is 26.7 Å². The first-order valence-electron chi connectivity index (χ1n) is 6.15. The van der Waals surface area contributed by atoms with Crippen LogP contribution in [-0.4, -0.2) is 24.0 Å². The molecule has 0 aliphatic carbocycles. The van der Waals surface area contributed by atoms with Crippen LogP contribution in [0.25, 0.3) is 0 Å². The van der Waals surface area contributed by atoms with Gasteiger partial charge in [-0.2, -0.15) is 22.0 Å². The molecule has 7 heteroatoms. The molecule has 0 fully saturated rings. The van der Waals surface area contributed by atoms with Gasteiger partial charge in [-0.15, -0.1) is 0 Å². The molecule has 1 aromatic rings. The standard InChI is InChI=1S/C14H15F5O2/c1-7(2)21-11-8(3)5-10(6-9(11)4)12(20)13(15,16)14(17,18)19/h5-7H,1-4H3. The Balaban J connectivity index is 3.26. The Bertz CT molecular complexity index is 524. The zero-order valence-corrected chi connectivity index (χ0v) is 11.9. The van der Waals surface area contributed by atoms with Crippen LogP contribution in [0.5, 0.6) is 5.75 Å². The van der Waals surface area contributed by atoms with Crippen molar-refractivity contribution in [3.63, 3.8) is 0 Å². The van der Waals surface area contributed by atoms with Gasteiger partial charge in [0.2, 0.25) is 5.78 Å². The molecule has 0 atom stereocenters. The van der Waals surface area contributed by atoms with Gasteiger partial charge in [0.25, 0.3) is 0 Å². The Morgan fingerprint density at radius 1 is 1.05 bits per heavy atom. The molecule has 0 saturated heterocycles. The molecular weight excluding hydrogens is 295 g/mol. The largest absolute Gasteiger partial charge is 0.490 e. The van der Waals surface area contributed by atoms with Crippen LogP contribution < -0.4 is 4.74 Å². The topological polar surface area (TPSA) is 26.3 Å². The second kappa shape index (κ2) is 5.61. The summed E-state index contributed by atoms with van der Waals surface area (Å²) in [5.74, 6) is -7.30. The summed E-state index contributed by atoms with van der Waals surface area (Å²) >= 11 is 0. The molecule has 0 amide bonds. The summed E-state index contributed by atoms with van der Waals surface area (Å²) < 4.78 is 68.3. The molecule has 0 aliphatic rings. The van der Waals surface area contributed by atoms with E-state index in [0.29, 0.717) is 16.9 Å². The molecule has 0 saturated carbocycles. The first kappa shape index (κ1) is 17.4. The molecular formula is C14H15F5O2. The monoisotopic (exact) mass is 310 g/mol. The van der Waals surface area contributed by atoms with E-state index in [0.717, 1.165) is 12.1 Å². The van der Waals surface area contributed by atoms with Crippen molar-refractivity contribution < 1.29 is 31.5 Å². The SMILES string of the molecule is Cc1cc(C(=O)C(F)(F)C(F)(F)F)cc(C)c1OC(C)C. The van der Waals surface area contributed by atoms with E-state index in [1.165, 1.54) is 13.8 Å². The van der Waals surface area contributed by atoms with Crippen LogP contribution in [0.2, 0.25) is 0 Å². The number of ketones is 1. The average Bonchev–Trinajstić information content (AvgIpc) is 2.30. The Kier molecular flexibility index (Phi) is 4.65. The summed E-state index contributed by atoms with van der Waals surface area (Å²) in [5.41, 5.74) is -0.0431. The van der Waals surface area contributed by atoms with Crippen LogP contribution in [0, 0.1) is 13.8 Å². The zero-order chi connectivity index (χ0) is 16.6. The van der Waals surface area contributed by atoms with Crippen molar-refractivity contribution in [3.8, 4) is 5.75 Å². The lowest BCUT2D eigenvalue weighted by molar-refractivity contribution is -0.255. The lowest BCUT2D eigenvalue weighted by Gasteiger charge is -2.20. The normalized spacial score (nSPS) is 12.7. The molecule has 1 aromatic carbocycles. The quantitative estimate of drug-likeness (QED) is 0.606. The molecule has 1 rings (SSSR count). The van der Waals surface area contributed by atoms with Gasteiger partial charge in [0.1, 0.15) is 5.75 Å². The highest BCUT2D eigenvalue weighted by Gasteiger charge is 2.63. The number of hydrogen-bond donors (Lipinski definition) is 0. The molecule has 0 aliphatic heterocycles. The Morgan fingerprint density at radius 3 is 1.81 bits per heavy atom. The van der Waals surface area contributed by atoms with Gasteiger partial charge in [0.15, 0.2) is 0 Å². The van der Waals surface area contributed by atoms with Crippen molar-refractivity contribution in [1.29, 1.82) is 0 Å². The van der Waals surface area contributed by atoms with Crippen LogP contribution in [0.1, 0.15) is 35.3 Å². The minimum Gasteiger partial charge on any atom is -0.490 e. The molecule has 0 spiro atoms. The Labute approximate surface area is 118 Å². The van der Waals surface area contributed by atoms with E-state index in [1.807, 2.05) is 0 Å². The van der Waals surface area contributed by atoms with Crippen LogP contribution in [0.4, 0.5) is 22.0 Å². The molecule has 0 bridgehead atoms. The van der Waals surface area contributed by atoms with E-state index in [2.05, 4.69) is 0 Å². The number of carbonyl (C=O) groups is 1. The second-order valence-corrected chi connectivity index (χ2v) is 5.01. The fourth-order valence-electron chi connectivity index (χ4n) is 1.81. The summed E-state index contributed by atoms with van der Waals surface area (Å²) in [7, 11) is 0. The van der Waals surface area contributed by atoms with Gasteiger partial charge < -0.3 is 4.74 Å². The van der Waals surface area contributed by atoms with E-state index >= 15 is 0 Å². The molecule has 21 heavy (non-hydrogen) atoms. The minimum atomic E-state index is -5.92. The first-order chi connectivity index (χ1) is 9.37. The van der Waals surface area contributed by atoms with E-state index in [-0.39, 0.29) is 6.10 Å². The molecule has 0 unspecified atom stereocenters. The predicted octanol–water partition coefficient (Wildman–Crippen LogP) is 4.47. The van der Waals surface area contributed by atoms with Crippen LogP contribution in [0.3, 0.4) is 0 Å². The predicted molar refractivity (Wildman–Crippen MR) is 67.0 cm³/mol. The fourth-order valence-corrected chi connectivity index (χ4v) is 1.81. The molecule has 0 heterocycles. The van der Waals surface area contributed by atoms with Crippen molar-refractivity contribution in [3.05, 3.63) is 28.8 Å². The third kappa shape index (κ3) is 3.51. The van der Waals surface area contributed by atoms with Crippen molar-refractivity contribution in [2.45, 2.75) is 45.9 Å². The molecule has 0 aromatic heterocycles. The smallest absolute Gasteiger partial charge is 0.461 e.